The maximum Gasteiger partial charge on any atom is 0.223 e. The molecule has 1 aliphatic rings. The van der Waals surface area contributed by atoms with Gasteiger partial charge in [-0.15, -0.1) is 5.10 Å². The molecule has 3 aromatic heterocycles. The molecule has 0 saturated carbocycles. The quantitative estimate of drug-likeness (QED) is 0.754. The van der Waals surface area contributed by atoms with Crippen molar-refractivity contribution in [1.29, 1.82) is 0 Å². The van der Waals surface area contributed by atoms with Gasteiger partial charge in [-0.05, 0) is 31.9 Å². The van der Waals surface area contributed by atoms with Crippen LogP contribution in [0.2, 0.25) is 0 Å². The van der Waals surface area contributed by atoms with E-state index in [1.807, 2.05) is 41.2 Å². The zero-order chi connectivity index (χ0) is 17.9. The van der Waals surface area contributed by atoms with E-state index < -0.39 is 0 Å². The van der Waals surface area contributed by atoms with Gasteiger partial charge in [0.05, 0.1) is 42.7 Å². The molecule has 0 aliphatic carbocycles. The molecule has 1 aliphatic heterocycles. The largest absolute Gasteiger partial charge is 0.365 e. The Morgan fingerprint density at radius 1 is 1.35 bits per heavy atom. The van der Waals surface area contributed by atoms with E-state index >= 15 is 0 Å². The number of nitrogens with zero attached hydrogens (tertiary/aromatic N) is 6. The van der Waals surface area contributed by atoms with Gasteiger partial charge in [-0.1, -0.05) is 5.21 Å². The molecular weight excluding hydrogens is 330 g/mol. The second-order valence-corrected chi connectivity index (χ2v) is 6.73. The molecule has 4 rings (SSSR count). The molecule has 1 amide bonds. The number of hydrogen-bond donors (Lipinski definition) is 1. The average molecular weight is 353 g/mol. The first-order valence-corrected chi connectivity index (χ1v) is 8.98. The minimum Gasteiger partial charge on any atom is -0.365 e. The van der Waals surface area contributed by atoms with Gasteiger partial charge < -0.3 is 14.5 Å². The summed E-state index contributed by atoms with van der Waals surface area (Å²) >= 11 is 0. The molecular formula is C18H23N7O. The maximum atomic E-state index is 12.7. The Balaban J connectivity index is 1.47. The number of carbonyl (C=O) groups excluding carboxylic acids is 1. The summed E-state index contributed by atoms with van der Waals surface area (Å²) in [6.07, 6.45) is 7.72. The number of H-pyrrole nitrogens is 1. The first-order valence-electron chi connectivity index (χ1n) is 8.98. The lowest BCUT2D eigenvalue weighted by Gasteiger charge is -2.20. The molecule has 136 valence electrons. The lowest BCUT2D eigenvalue weighted by molar-refractivity contribution is -0.131. The second kappa shape index (κ2) is 7.15. The molecule has 0 spiro atoms. The Kier molecular flexibility index (Phi) is 4.55. The minimum absolute atomic E-state index is 0.192. The van der Waals surface area contributed by atoms with E-state index in [0.29, 0.717) is 19.5 Å². The van der Waals surface area contributed by atoms with Crippen molar-refractivity contribution in [3.8, 4) is 0 Å². The van der Waals surface area contributed by atoms with Crippen molar-refractivity contribution in [3.05, 3.63) is 53.6 Å². The molecule has 8 heteroatoms. The van der Waals surface area contributed by atoms with Crippen LogP contribution in [0.4, 0.5) is 0 Å². The van der Waals surface area contributed by atoms with Crippen molar-refractivity contribution in [1.82, 2.24) is 34.4 Å². The Morgan fingerprint density at radius 3 is 3.04 bits per heavy atom. The number of aromatic nitrogens is 6. The number of hydrogen-bond acceptors (Lipinski definition) is 4. The van der Waals surface area contributed by atoms with Crippen LogP contribution in [0, 0.1) is 6.92 Å². The van der Waals surface area contributed by atoms with E-state index in [1.54, 1.807) is 6.20 Å². The normalized spacial score (nSPS) is 14.3. The number of imidazole rings is 1. The van der Waals surface area contributed by atoms with Crippen LogP contribution in [-0.4, -0.2) is 46.9 Å². The number of amides is 1. The summed E-state index contributed by atoms with van der Waals surface area (Å²) in [5, 5.41) is 8.04. The zero-order valence-corrected chi connectivity index (χ0v) is 14.9. The van der Waals surface area contributed by atoms with E-state index in [-0.39, 0.29) is 5.91 Å². The third kappa shape index (κ3) is 3.40. The number of carbonyl (C=O) groups is 1. The van der Waals surface area contributed by atoms with Gasteiger partial charge in [0, 0.05) is 31.4 Å². The van der Waals surface area contributed by atoms with Gasteiger partial charge in [-0.3, -0.25) is 4.79 Å². The average Bonchev–Trinajstić information content (AvgIpc) is 3.34. The van der Waals surface area contributed by atoms with Crippen LogP contribution in [0.15, 0.2) is 30.9 Å². The summed E-state index contributed by atoms with van der Waals surface area (Å²) in [6.45, 7) is 4.84. The van der Waals surface area contributed by atoms with Crippen LogP contribution >= 0.6 is 0 Å². The van der Waals surface area contributed by atoms with E-state index in [1.165, 1.54) is 0 Å². The smallest absolute Gasteiger partial charge is 0.223 e. The van der Waals surface area contributed by atoms with Crippen LogP contribution in [-0.2, 0) is 30.8 Å². The van der Waals surface area contributed by atoms with Crippen LogP contribution in [0.3, 0.4) is 0 Å². The number of fused-ring (bicyclic) bond motifs is 1. The van der Waals surface area contributed by atoms with Gasteiger partial charge in [-0.2, -0.15) is 0 Å². The van der Waals surface area contributed by atoms with E-state index in [2.05, 4.69) is 24.8 Å². The number of rotatable bonds is 5. The van der Waals surface area contributed by atoms with Crippen LogP contribution in [0.5, 0.6) is 0 Å². The van der Waals surface area contributed by atoms with E-state index in [0.717, 1.165) is 48.7 Å². The molecule has 0 atom stereocenters. The molecule has 0 saturated heterocycles. The summed E-state index contributed by atoms with van der Waals surface area (Å²) in [5.74, 6) is 0.192. The SMILES string of the molecule is Cc1cnnn1Cc1ncn2c1CN(C(=O)CCc1ccc[nH]1)CCC2. The van der Waals surface area contributed by atoms with E-state index in [4.69, 9.17) is 0 Å². The lowest BCUT2D eigenvalue weighted by atomic mass is 10.2. The summed E-state index contributed by atoms with van der Waals surface area (Å²) in [6, 6.07) is 3.98. The standard InChI is InChI=1S/C18H23N7O/c1-14-10-21-22-25(14)11-16-17-12-23(8-3-9-24(17)13-20-16)18(26)6-5-15-4-2-7-19-15/h2,4,7,10,13,19H,3,5-6,8-9,11-12H2,1H3. The molecule has 0 aromatic carbocycles. The van der Waals surface area contributed by atoms with Gasteiger partial charge >= 0.3 is 0 Å². The monoisotopic (exact) mass is 353 g/mol. The highest BCUT2D eigenvalue weighted by molar-refractivity contribution is 5.76. The van der Waals surface area contributed by atoms with Crippen LogP contribution < -0.4 is 0 Å². The second-order valence-electron chi connectivity index (χ2n) is 6.73. The fourth-order valence-electron chi connectivity index (χ4n) is 3.39. The maximum absolute atomic E-state index is 12.7. The van der Waals surface area contributed by atoms with Gasteiger partial charge in [0.15, 0.2) is 0 Å². The molecule has 0 fully saturated rings. The van der Waals surface area contributed by atoms with Crippen molar-refractivity contribution in [2.45, 2.75) is 45.8 Å². The number of aryl methyl sites for hydroxylation is 3. The third-order valence-electron chi connectivity index (χ3n) is 4.93. The fourth-order valence-corrected chi connectivity index (χ4v) is 3.39. The van der Waals surface area contributed by atoms with Crippen LogP contribution in [0.25, 0.3) is 0 Å². The zero-order valence-electron chi connectivity index (χ0n) is 14.9. The van der Waals surface area contributed by atoms with Gasteiger partial charge in [0.25, 0.3) is 0 Å². The molecule has 8 nitrogen and oxygen atoms in total. The number of nitrogens with one attached hydrogen (secondary N) is 1. The minimum atomic E-state index is 0.192. The number of aromatic amines is 1. The Morgan fingerprint density at radius 2 is 2.27 bits per heavy atom. The summed E-state index contributed by atoms with van der Waals surface area (Å²) in [7, 11) is 0. The summed E-state index contributed by atoms with van der Waals surface area (Å²) in [4.78, 5) is 22.4. The molecule has 0 radical (unpaired) electrons. The molecule has 26 heavy (non-hydrogen) atoms. The molecule has 0 bridgehead atoms. The highest BCUT2D eigenvalue weighted by Gasteiger charge is 2.22. The van der Waals surface area contributed by atoms with Crippen molar-refractivity contribution >= 4 is 5.91 Å². The first-order chi connectivity index (χ1) is 12.7. The van der Waals surface area contributed by atoms with Crippen molar-refractivity contribution in [2.75, 3.05) is 6.54 Å². The third-order valence-corrected chi connectivity index (χ3v) is 4.93. The molecule has 4 heterocycles. The van der Waals surface area contributed by atoms with Crippen molar-refractivity contribution in [3.63, 3.8) is 0 Å². The van der Waals surface area contributed by atoms with Crippen LogP contribution in [0.1, 0.15) is 35.6 Å². The molecule has 1 N–H and O–H groups in total. The summed E-state index contributed by atoms with van der Waals surface area (Å²) in [5.41, 5.74) is 4.16. The van der Waals surface area contributed by atoms with Crippen molar-refractivity contribution in [2.24, 2.45) is 0 Å². The predicted molar refractivity (Wildman–Crippen MR) is 95.2 cm³/mol. The van der Waals surface area contributed by atoms with Gasteiger partial charge in [-0.25, -0.2) is 9.67 Å². The fraction of sp³-hybridized carbons (Fsp3) is 0.444. The highest BCUT2D eigenvalue weighted by Crippen LogP contribution is 2.18. The molecule has 0 unspecified atom stereocenters. The topological polar surface area (TPSA) is 84.6 Å². The summed E-state index contributed by atoms with van der Waals surface area (Å²) < 4.78 is 4.01. The van der Waals surface area contributed by atoms with E-state index in [9.17, 15) is 4.79 Å². The van der Waals surface area contributed by atoms with Crippen molar-refractivity contribution < 1.29 is 4.79 Å². The predicted octanol–water partition coefficient (Wildman–Crippen LogP) is 1.52. The Bertz CT molecular complexity index is 877. The van der Waals surface area contributed by atoms with Gasteiger partial charge in [0.2, 0.25) is 5.91 Å². The van der Waals surface area contributed by atoms with Gasteiger partial charge in [0.1, 0.15) is 0 Å². The lowest BCUT2D eigenvalue weighted by Crippen LogP contribution is -2.31. The first kappa shape index (κ1) is 16.6. The Hall–Kier alpha value is -2.90. The molecule has 3 aromatic rings. The Labute approximate surface area is 151 Å². The highest BCUT2D eigenvalue weighted by atomic mass is 16.2.